The molecule has 19 heavy (non-hydrogen) atoms. The largest absolute Gasteiger partial charge is 0.393 e. The Kier molecular flexibility index (Phi) is 4.62. The van der Waals surface area contributed by atoms with E-state index in [1.54, 1.807) is 0 Å². The Hall–Kier alpha value is -0.0800. The molecule has 0 aromatic rings. The quantitative estimate of drug-likeness (QED) is 0.842. The van der Waals surface area contributed by atoms with Crippen molar-refractivity contribution in [2.75, 3.05) is 13.6 Å². The molecule has 0 spiro atoms. The average molecular weight is 267 g/mol. The first-order valence-electron chi connectivity index (χ1n) is 8.17. The Morgan fingerprint density at radius 3 is 2.32 bits per heavy atom. The molecule has 1 N–H and O–H groups in total. The van der Waals surface area contributed by atoms with Crippen LogP contribution in [0.15, 0.2) is 0 Å². The van der Waals surface area contributed by atoms with Gasteiger partial charge >= 0.3 is 0 Å². The van der Waals surface area contributed by atoms with Gasteiger partial charge in [-0.05, 0) is 69.2 Å². The smallest absolute Gasteiger partial charge is 0.0580 e. The SMILES string of the molecule is CC(C1CC1)N(C)CC1CC(C(C)(C)C)CCC1O. The van der Waals surface area contributed by atoms with Crippen LogP contribution in [-0.2, 0) is 0 Å². The zero-order valence-electron chi connectivity index (χ0n) is 13.5. The Morgan fingerprint density at radius 1 is 1.16 bits per heavy atom. The third kappa shape index (κ3) is 3.95. The summed E-state index contributed by atoms with van der Waals surface area (Å²) in [6.07, 6.45) is 6.13. The molecule has 4 unspecified atom stereocenters. The van der Waals surface area contributed by atoms with E-state index >= 15 is 0 Å². The van der Waals surface area contributed by atoms with Crippen molar-refractivity contribution in [2.24, 2.45) is 23.2 Å². The van der Waals surface area contributed by atoms with Crippen molar-refractivity contribution in [3.05, 3.63) is 0 Å². The summed E-state index contributed by atoms with van der Waals surface area (Å²) >= 11 is 0. The third-order valence-corrected chi connectivity index (χ3v) is 5.69. The van der Waals surface area contributed by atoms with Gasteiger partial charge in [0.25, 0.3) is 0 Å². The Morgan fingerprint density at radius 2 is 1.79 bits per heavy atom. The van der Waals surface area contributed by atoms with Crippen LogP contribution < -0.4 is 0 Å². The van der Waals surface area contributed by atoms with Gasteiger partial charge in [-0.15, -0.1) is 0 Å². The van der Waals surface area contributed by atoms with Crippen LogP contribution in [-0.4, -0.2) is 35.7 Å². The number of hydrogen-bond acceptors (Lipinski definition) is 2. The van der Waals surface area contributed by atoms with Gasteiger partial charge in [-0.1, -0.05) is 20.8 Å². The summed E-state index contributed by atoms with van der Waals surface area (Å²) in [5.74, 6) is 2.17. The average Bonchev–Trinajstić information content (AvgIpc) is 3.13. The highest BCUT2D eigenvalue weighted by Crippen LogP contribution is 2.41. The van der Waals surface area contributed by atoms with Crippen molar-refractivity contribution < 1.29 is 5.11 Å². The van der Waals surface area contributed by atoms with Crippen LogP contribution in [0.2, 0.25) is 0 Å². The fourth-order valence-corrected chi connectivity index (χ4v) is 3.71. The zero-order valence-corrected chi connectivity index (χ0v) is 13.5. The Balaban J connectivity index is 1.89. The zero-order chi connectivity index (χ0) is 14.2. The fraction of sp³-hybridized carbons (Fsp3) is 1.00. The summed E-state index contributed by atoms with van der Waals surface area (Å²) < 4.78 is 0. The molecular weight excluding hydrogens is 234 g/mol. The molecule has 0 heterocycles. The minimum atomic E-state index is -0.0764. The van der Waals surface area contributed by atoms with E-state index in [0.29, 0.717) is 17.4 Å². The second-order valence-electron chi connectivity index (χ2n) is 8.22. The second kappa shape index (κ2) is 5.73. The summed E-state index contributed by atoms with van der Waals surface area (Å²) in [7, 11) is 2.25. The van der Waals surface area contributed by atoms with Gasteiger partial charge in [0.1, 0.15) is 0 Å². The molecule has 2 rings (SSSR count). The molecule has 0 aliphatic heterocycles. The van der Waals surface area contributed by atoms with Gasteiger partial charge in [-0.2, -0.15) is 0 Å². The van der Waals surface area contributed by atoms with E-state index in [9.17, 15) is 5.11 Å². The lowest BCUT2D eigenvalue weighted by Crippen LogP contribution is -2.43. The first kappa shape index (κ1) is 15.3. The molecule has 2 aliphatic rings. The van der Waals surface area contributed by atoms with Gasteiger partial charge < -0.3 is 10.0 Å². The Bertz CT molecular complexity index is 292. The first-order valence-corrected chi connectivity index (χ1v) is 8.17. The highest BCUT2D eigenvalue weighted by molar-refractivity contribution is 4.89. The first-order chi connectivity index (χ1) is 8.79. The number of nitrogens with zero attached hydrogens (tertiary/aromatic N) is 1. The summed E-state index contributed by atoms with van der Waals surface area (Å²) in [5.41, 5.74) is 0.388. The lowest BCUT2D eigenvalue weighted by atomic mass is 9.68. The molecule has 2 saturated carbocycles. The van der Waals surface area contributed by atoms with Gasteiger partial charge in [0, 0.05) is 12.6 Å². The van der Waals surface area contributed by atoms with Crippen molar-refractivity contribution in [2.45, 2.75) is 71.9 Å². The predicted molar refractivity (Wildman–Crippen MR) is 81.1 cm³/mol. The summed E-state index contributed by atoms with van der Waals surface area (Å²) in [4.78, 5) is 2.50. The van der Waals surface area contributed by atoms with E-state index in [1.807, 2.05) is 0 Å². The summed E-state index contributed by atoms with van der Waals surface area (Å²) in [6.45, 7) is 10.5. The van der Waals surface area contributed by atoms with E-state index in [1.165, 1.54) is 25.7 Å². The number of rotatable bonds is 4. The Labute approximate surface area is 119 Å². The van der Waals surface area contributed by atoms with Crippen molar-refractivity contribution >= 4 is 0 Å². The van der Waals surface area contributed by atoms with Crippen molar-refractivity contribution in [1.29, 1.82) is 0 Å². The van der Waals surface area contributed by atoms with Crippen molar-refractivity contribution in [3.63, 3.8) is 0 Å². The van der Waals surface area contributed by atoms with E-state index in [0.717, 1.165) is 24.8 Å². The van der Waals surface area contributed by atoms with Crippen LogP contribution in [0.1, 0.15) is 59.8 Å². The second-order valence-corrected chi connectivity index (χ2v) is 8.22. The maximum Gasteiger partial charge on any atom is 0.0580 e. The molecule has 0 saturated heterocycles. The molecule has 2 nitrogen and oxygen atoms in total. The minimum absolute atomic E-state index is 0.0764. The summed E-state index contributed by atoms with van der Waals surface area (Å²) in [6, 6.07) is 0.696. The van der Waals surface area contributed by atoms with Crippen LogP contribution >= 0.6 is 0 Å². The van der Waals surface area contributed by atoms with Crippen LogP contribution in [0, 0.1) is 23.2 Å². The van der Waals surface area contributed by atoms with Crippen molar-refractivity contribution in [3.8, 4) is 0 Å². The monoisotopic (exact) mass is 267 g/mol. The number of aliphatic hydroxyl groups excluding tert-OH is 1. The van der Waals surface area contributed by atoms with Gasteiger partial charge in [0.2, 0.25) is 0 Å². The van der Waals surface area contributed by atoms with Crippen LogP contribution in [0.25, 0.3) is 0 Å². The molecule has 0 aromatic heterocycles. The molecule has 2 fully saturated rings. The molecule has 2 heteroatoms. The molecular formula is C17H33NO. The third-order valence-electron chi connectivity index (χ3n) is 5.69. The standard InChI is InChI=1S/C17H33NO/c1-12(13-6-7-13)18(5)11-14-10-15(17(2,3)4)8-9-16(14)19/h12-16,19H,6-11H2,1-5H3. The van der Waals surface area contributed by atoms with E-state index < -0.39 is 0 Å². The van der Waals surface area contributed by atoms with Gasteiger partial charge in [0.05, 0.1) is 6.10 Å². The maximum absolute atomic E-state index is 10.3. The molecule has 0 radical (unpaired) electrons. The molecule has 0 bridgehead atoms. The molecule has 0 amide bonds. The van der Waals surface area contributed by atoms with E-state index in [2.05, 4.69) is 39.6 Å². The lowest BCUT2D eigenvalue weighted by molar-refractivity contribution is 0.00105. The highest BCUT2D eigenvalue weighted by atomic mass is 16.3. The van der Waals surface area contributed by atoms with E-state index in [4.69, 9.17) is 0 Å². The van der Waals surface area contributed by atoms with E-state index in [-0.39, 0.29) is 6.10 Å². The summed E-state index contributed by atoms with van der Waals surface area (Å²) in [5, 5.41) is 10.3. The van der Waals surface area contributed by atoms with Crippen LogP contribution in [0.4, 0.5) is 0 Å². The number of aliphatic hydroxyl groups is 1. The topological polar surface area (TPSA) is 23.5 Å². The maximum atomic E-state index is 10.3. The van der Waals surface area contributed by atoms with Crippen molar-refractivity contribution in [1.82, 2.24) is 4.90 Å². The molecule has 2 aliphatic carbocycles. The molecule has 4 atom stereocenters. The van der Waals surface area contributed by atoms with Gasteiger partial charge in [0.15, 0.2) is 0 Å². The highest BCUT2D eigenvalue weighted by Gasteiger charge is 2.37. The van der Waals surface area contributed by atoms with Gasteiger partial charge in [-0.25, -0.2) is 0 Å². The van der Waals surface area contributed by atoms with Gasteiger partial charge in [-0.3, -0.25) is 0 Å². The fourth-order valence-electron chi connectivity index (χ4n) is 3.71. The normalized spacial score (nSPS) is 34.6. The molecule has 0 aromatic carbocycles. The lowest BCUT2D eigenvalue weighted by Gasteiger charge is -2.42. The van der Waals surface area contributed by atoms with Crippen LogP contribution in [0.3, 0.4) is 0 Å². The number of hydrogen-bond donors (Lipinski definition) is 1. The molecule has 112 valence electrons. The minimum Gasteiger partial charge on any atom is -0.393 e. The van der Waals surface area contributed by atoms with Crippen LogP contribution in [0.5, 0.6) is 0 Å². The predicted octanol–water partition coefficient (Wildman–Crippen LogP) is 3.54.